The van der Waals surface area contributed by atoms with Crippen molar-refractivity contribution in [1.29, 1.82) is 0 Å². The fraction of sp³-hybridized carbons (Fsp3) is 0.240. The van der Waals surface area contributed by atoms with Gasteiger partial charge in [0.25, 0.3) is 0 Å². The summed E-state index contributed by atoms with van der Waals surface area (Å²) in [5.74, 6) is -1.32. The normalized spacial score (nSPS) is 13.4. The van der Waals surface area contributed by atoms with Gasteiger partial charge in [-0.1, -0.05) is 36.4 Å². The van der Waals surface area contributed by atoms with Crippen LogP contribution in [0.2, 0.25) is 0 Å². The Kier molecular flexibility index (Phi) is 5.98. The maximum Gasteiger partial charge on any atom is 0.313 e. The van der Waals surface area contributed by atoms with Crippen LogP contribution in [0.15, 0.2) is 67.0 Å². The summed E-state index contributed by atoms with van der Waals surface area (Å²) in [7, 11) is 0. The van der Waals surface area contributed by atoms with Gasteiger partial charge in [-0.15, -0.1) is 0 Å². The van der Waals surface area contributed by atoms with E-state index in [1.54, 1.807) is 6.20 Å². The highest BCUT2D eigenvalue weighted by atomic mass is 16.2. The number of pyridine rings is 1. The summed E-state index contributed by atoms with van der Waals surface area (Å²) in [4.78, 5) is 31.6. The predicted molar refractivity (Wildman–Crippen MR) is 122 cm³/mol. The van der Waals surface area contributed by atoms with Gasteiger partial charge >= 0.3 is 11.8 Å². The second-order valence-electron chi connectivity index (χ2n) is 7.86. The molecule has 2 heterocycles. The van der Waals surface area contributed by atoms with E-state index in [2.05, 4.69) is 32.7 Å². The first kappa shape index (κ1) is 20.6. The van der Waals surface area contributed by atoms with Crippen molar-refractivity contribution in [3.63, 3.8) is 0 Å². The molecule has 0 saturated carbocycles. The number of hydrogen-bond donors (Lipinski definition) is 2. The molecule has 3 aromatic rings. The quantitative estimate of drug-likeness (QED) is 0.626. The van der Waals surface area contributed by atoms with Crippen molar-refractivity contribution in [1.82, 2.24) is 10.3 Å². The average Bonchev–Trinajstić information content (AvgIpc) is 3.21. The van der Waals surface area contributed by atoms with Crippen LogP contribution < -0.4 is 15.5 Å². The Labute approximate surface area is 182 Å². The molecule has 0 radical (unpaired) electrons. The lowest BCUT2D eigenvalue weighted by molar-refractivity contribution is -0.136. The Hall–Kier alpha value is -3.67. The van der Waals surface area contributed by atoms with Crippen molar-refractivity contribution in [2.75, 3.05) is 23.3 Å². The number of carbonyl (C=O) groups is 2. The van der Waals surface area contributed by atoms with E-state index in [0.717, 1.165) is 35.3 Å². The van der Waals surface area contributed by atoms with Crippen LogP contribution in [0.3, 0.4) is 0 Å². The second-order valence-corrected chi connectivity index (χ2v) is 7.86. The lowest BCUT2D eigenvalue weighted by atomic mass is 10.1. The maximum absolute atomic E-state index is 12.6. The molecule has 2 amide bonds. The van der Waals surface area contributed by atoms with Crippen LogP contribution in [0.1, 0.15) is 28.3 Å². The first-order valence-electron chi connectivity index (χ1n) is 10.4. The number of carbonyl (C=O) groups excluding carboxylic acids is 2. The van der Waals surface area contributed by atoms with E-state index < -0.39 is 11.8 Å². The van der Waals surface area contributed by atoms with E-state index in [4.69, 9.17) is 0 Å². The van der Waals surface area contributed by atoms with E-state index >= 15 is 0 Å². The van der Waals surface area contributed by atoms with Crippen molar-refractivity contribution >= 4 is 23.2 Å². The van der Waals surface area contributed by atoms with Gasteiger partial charge in [-0.3, -0.25) is 14.6 Å². The van der Waals surface area contributed by atoms with Crippen molar-refractivity contribution in [3.05, 3.63) is 89.2 Å². The monoisotopic (exact) mass is 414 g/mol. The minimum absolute atomic E-state index is 0.116. The number of amides is 2. The van der Waals surface area contributed by atoms with Crippen LogP contribution in [0.4, 0.5) is 11.4 Å². The third kappa shape index (κ3) is 4.58. The van der Waals surface area contributed by atoms with Crippen LogP contribution in [0, 0.1) is 13.8 Å². The molecule has 0 unspecified atom stereocenters. The van der Waals surface area contributed by atoms with Gasteiger partial charge in [0.15, 0.2) is 0 Å². The largest absolute Gasteiger partial charge is 0.362 e. The highest BCUT2D eigenvalue weighted by molar-refractivity contribution is 6.39. The molecule has 1 aromatic heterocycles. The van der Waals surface area contributed by atoms with Crippen LogP contribution >= 0.6 is 0 Å². The third-order valence-corrected chi connectivity index (χ3v) is 5.67. The highest BCUT2D eigenvalue weighted by Gasteiger charge is 2.28. The number of nitrogens with one attached hydrogen (secondary N) is 2. The zero-order chi connectivity index (χ0) is 21.8. The number of aryl methyl sites for hydroxylation is 2. The molecule has 0 spiro atoms. The van der Waals surface area contributed by atoms with E-state index in [-0.39, 0.29) is 6.04 Å². The zero-order valence-electron chi connectivity index (χ0n) is 17.8. The molecule has 31 heavy (non-hydrogen) atoms. The summed E-state index contributed by atoms with van der Waals surface area (Å²) < 4.78 is 0. The summed E-state index contributed by atoms with van der Waals surface area (Å²) in [6.45, 7) is 5.00. The summed E-state index contributed by atoms with van der Waals surface area (Å²) in [6.07, 6.45) is 4.50. The Morgan fingerprint density at radius 3 is 2.71 bits per heavy atom. The SMILES string of the molecule is Cc1ccc(C)c(NC(=O)C(=O)NC[C@@H](c2cccnc2)N2CCc3ccccc32)c1. The fourth-order valence-electron chi connectivity index (χ4n) is 3.99. The number of para-hydroxylation sites is 1. The van der Waals surface area contributed by atoms with Crippen LogP contribution in [0.5, 0.6) is 0 Å². The lowest BCUT2D eigenvalue weighted by Gasteiger charge is -2.30. The summed E-state index contributed by atoms with van der Waals surface area (Å²) in [5, 5.41) is 5.55. The van der Waals surface area contributed by atoms with Gasteiger partial charge < -0.3 is 15.5 Å². The number of nitrogens with zero attached hydrogens (tertiary/aromatic N) is 2. The van der Waals surface area contributed by atoms with Crippen LogP contribution in [-0.4, -0.2) is 29.9 Å². The minimum atomic E-state index is -0.666. The minimum Gasteiger partial charge on any atom is -0.362 e. The standard InChI is InChI=1S/C25H26N4O2/c1-17-9-10-18(2)21(14-17)28-25(31)24(30)27-16-23(20-7-5-12-26-15-20)29-13-11-19-6-3-4-8-22(19)29/h3-10,12,14-15,23H,11,13,16H2,1-2H3,(H,27,30)(H,28,31)/t23-/m0/s1. The van der Waals surface area contributed by atoms with Crippen molar-refractivity contribution < 1.29 is 9.59 Å². The van der Waals surface area contributed by atoms with E-state index in [1.165, 1.54) is 5.56 Å². The van der Waals surface area contributed by atoms with Crippen LogP contribution in [-0.2, 0) is 16.0 Å². The average molecular weight is 415 g/mol. The molecule has 6 heteroatoms. The molecule has 1 aliphatic heterocycles. The molecule has 0 saturated heterocycles. The number of benzene rings is 2. The zero-order valence-corrected chi connectivity index (χ0v) is 17.8. The van der Waals surface area contributed by atoms with Gasteiger partial charge in [0.2, 0.25) is 0 Å². The number of rotatable bonds is 5. The first-order valence-corrected chi connectivity index (χ1v) is 10.4. The Morgan fingerprint density at radius 2 is 1.90 bits per heavy atom. The van der Waals surface area contributed by atoms with Gasteiger partial charge in [-0.2, -0.15) is 0 Å². The molecule has 0 aliphatic carbocycles. The Bertz CT molecular complexity index is 1100. The van der Waals surface area contributed by atoms with Crippen LogP contribution in [0.25, 0.3) is 0 Å². The van der Waals surface area contributed by atoms with Gasteiger partial charge in [0, 0.05) is 36.9 Å². The number of aromatic nitrogens is 1. The molecule has 1 atom stereocenters. The van der Waals surface area contributed by atoms with Crippen molar-refractivity contribution in [3.8, 4) is 0 Å². The molecular weight excluding hydrogens is 388 g/mol. The van der Waals surface area contributed by atoms with Gasteiger partial charge in [-0.05, 0) is 60.7 Å². The van der Waals surface area contributed by atoms with E-state index in [0.29, 0.717) is 12.2 Å². The lowest BCUT2D eigenvalue weighted by Crippen LogP contribution is -2.42. The second kappa shape index (κ2) is 9.00. The Morgan fingerprint density at radius 1 is 1.06 bits per heavy atom. The smallest absolute Gasteiger partial charge is 0.313 e. The molecule has 0 fully saturated rings. The third-order valence-electron chi connectivity index (χ3n) is 5.67. The number of fused-ring (bicyclic) bond motifs is 1. The number of hydrogen-bond acceptors (Lipinski definition) is 4. The molecule has 6 nitrogen and oxygen atoms in total. The summed E-state index contributed by atoms with van der Waals surface area (Å²) in [5.41, 5.74) is 6.02. The molecule has 158 valence electrons. The van der Waals surface area contributed by atoms with Gasteiger partial charge in [-0.25, -0.2) is 0 Å². The maximum atomic E-state index is 12.6. The van der Waals surface area contributed by atoms with Crippen molar-refractivity contribution in [2.45, 2.75) is 26.3 Å². The summed E-state index contributed by atoms with van der Waals surface area (Å²) in [6, 6.07) is 17.8. The molecule has 1 aliphatic rings. The topological polar surface area (TPSA) is 74.3 Å². The van der Waals surface area contributed by atoms with Gasteiger partial charge in [0.05, 0.1) is 6.04 Å². The molecule has 2 N–H and O–H groups in total. The first-order chi connectivity index (χ1) is 15.0. The molecule has 4 rings (SSSR count). The molecule has 0 bridgehead atoms. The summed E-state index contributed by atoms with van der Waals surface area (Å²) >= 11 is 0. The predicted octanol–water partition coefficient (Wildman–Crippen LogP) is 3.56. The highest BCUT2D eigenvalue weighted by Crippen LogP contribution is 2.34. The fourth-order valence-corrected chi connectivity index (χ4v) is 3.99. The molecular formula is C25H26N4O2. The van der Waals surface area contributed by atoms with E-state index in [9.17, 15) is 9.59 Å². The molecule has 2 aromatic carbocycles. The number of anilines is 2. The van der Waals surface area contributed by atoms with Crippen molar-refractivity contribution in [2.24, 2.45) is 0 Å². The van der Waals surface area contributed by atoms with Gasteiger partial charge in [0.1, 0.15) is 0 Å². The van der Waals surface area contributed by atoms with E-state index in [1.807, 2.05) is 62.5 Å². The Balaban J connectivity index is 1.48.